The number of carbonyl (C=O) groups is 2. The standard InChI is InChI=1S/C19H18N2O5/c1-12(26-19(23)14-6-4-13(11-20)5-7-14)18(22)21-15-8-16(24-2)10-17(9-15)25-3/h4-10,12H,1-3H3,(H,21,22). The number of esters is 1. The SMILES string of the molecule is COc1cc(NC(=O)C(C)OC(=O)c2ccc(C#N)cc2)cc(OC)c1. The van der Waals surface area contributed by atoms with Crippen LogP contribution >= 0.6 is 0 Å². The minimum absolute atomic E-state index is 0.256. The van der Waals surface area contributed by atoms with Crippen molar-refractivity contribution >= 4 is 17.6 Å². The van der Waals surface area contributed by atoms with Crippen LogP contribution in [-0.4, -0.2) is 32.2 Å². The highest BCUT2D eigenvalue weighted by atomic mass is 16.5. The minimum Gasteiger partial charge on any atom is -0.497 e. The summed E-state index contributed by atoms with van der Waals surface area (Å²) in [5, 5.41) is 11.4. The predicted octanol–water partition coefficient (Wildman–Crippen LogP) is 2.76. The highest BCUT2D eigenvalue weighted by Gasteiger charge is 2.19. The average molecular weight is 354 g/mol. The van der Waals surface area contributed by atoms with Gasteiger partial charge in [0.15, 0.2) is 6.10 Å². The molecule has 0 aliphatic rings. The van der Waals surface area contributed by atoms with Crippen LogP contribution in [0.25, 0.3) is 0 Å². The average Bonchev–Trinajstić information content (AvgIpc) is 2.67. The number of nitrogens with zero attached hydrogens (tertiary/aromatic N) is 1. The summed E-state index contributed by atoms with van der Waals surface area (Å²) in [6.07, 6.45) is -1.02. The summed E-state index contributed by atoms with van der Waals surface area (Å²) in [4.78, 5) is 24.4. The Kier molecular flexibility index (Phi) is 6.17. The van der Waals surface area contributed by atoms with Gasteiger partial charge in [-0.2, -0.15) is 5.26 Å². The van der Waals surface area contributed by atoms with Crippen LogP contribution in [0, 0.1) is 11.3 Å². The van der Waals surface area contributed by atoms with Crippen molar-refractivity contribution in [2.75, 3.05) is 19.5 Å². The van der Waals surface area contributed by atoms with Crippen molar-refractivity contribution in [3.05, 3.63) is 53.6 Å². The number of hydrogen-bond acceptors (Lipinski definition) is 6. The molecule has 2 aromatic carbocycles. The first kappa shape index (κ1) is 18.8. The van der Waals surface area contributed by atoms with Gasteiger partial charge in [0, 0.05) is 23.9 Å². The van der Waals surface area contributed by atoms with Crippen LogP contribution in [0.4, 0.5) is 5.69 Å². The fourth-order valence-corrected chi connectivity index (χ4v) is 2.09. The van der Waals surface area contributed by atoms with E-state index in [0.717, 1.165) is 0 Å². The molecule has 7 heteroatoms. The van der Waals surface area contributed by atoms with Crippen LogP contribution < -0.4 is 14.8 Å². The number of ether oxygens (including phenoxy) is 3. The quantitative estimate of drug-likeness (QED) is 0.801. The molecule has 2 rings (SSSR count). The van der Waals surface area contributed by atoms with E-state index >= 15 is 0 Å². The fraction of sp³-hybridized carbons (Fsp3) is 0.211. The van der Waals surface area contributed by atoms with Crippen LogP contribution in [0.2, 0.25) is 0 Å². The number of methoxy groups -OCH3 is 2. The third kappa shape index (κ3) is 4.74. The normalized spacial score (nSPS) is 11.0. The molecule has 26 heavy (non-hydrogen) atoms. The Morgan fingerprint density at radius 2 is 1.62 bits per heavy atom. The monoisotopic (exact) mass is 354 g/mol. The fourth-order valence-electron chi connectivity index (χ4n) is 2.09. The second-order valence-corrected chi connectivity index (χ2v) is 5.33. The maximum Gasteiger partial charge on any atom is 0.338 e. The van der Waals surface area contributed by atoms with Gasteiger partial charge in [-0.3, -0.25) is 4.79 Å². The lowest BCUT2D eigenvalue weighted by Gasteiger charge is -2.15. The van der Waals surface area contributed by atoms with E-state index < -0.39 is 18.0 Å². The second-order valence-electron chi connectivity index (χ2n) is 5.33. The molecular formula is C19H18N2O5. The van der Waals surface area contributed by atoms with E-state index in [1.54, 1.807) is 18.2 Å². The zero-order valence-electron chi connectivity index (χ0n) is 14.6. The topological polar surface area (TPSA) is 97.6 Å². The molecule has 0 saturated carbocycles. The van der Waals surface area contributed by atoms with Gasteiger partial charge in [-0.1, -0.05) is 0 Å². The van der Waals surface area contributed by atoms with E-state index in [0.29, 0.717) is 22.7 Å². The molecule has 0 aromatic heterocycles. The minimum atomic E-state index is -1.02. The molecule has 0 aliphatic carbocycles. The highest BCUT2D eigenvalue weighted by Crippen LogP contribution is 2.26. The van der Waals surface area contributed by atoms with Gasteiger partial charge in [0.2, 0.25) is 0 Å². The summed E-state index contributed by atoms with van der Waals surface area (Å²) in [5.74, 6) is -0.119. The number of benzene rings is 2. The first-order valence-corrected chi connectivity index (χ1v) is 7.72. The van der Waals surface area contributed by atoms with Crippen molar-refractivity contribution in [3.8, 4) is 17.6 Å². The zero-order chi connectivity index (χ0) is 19.1. The Labute approximate surface area is 151 Å². The molecular weight excluding hydrogens is 336 g/mol. The molecule has 0 aliphatic heterocycles. The lowest BCUT2D eigenvalue weighted by molar-refractivity contribution is -0.123. The van der Waals surface area contributed by atoms with Gasteiger partial charge >= 0.3 is 5.97 Å². The van der Waals surface area contributed by atoms with E-state index in [1.165, 1.54) is 45.4 Å². The maximum absolute atomic E-state index is 12.3. The molecule has 134 valence electrons. The van der Waals surface area contributed by atoms with Gasteiger partial charge in [-0.05, 0) is 31.2 Å². The molecule has 0 saturated heterocycles. The maximum atomic E-state index is 12.3. The summed E-state index contributed by atoms with van der Waals surface area (Å²) in [6, 6.07) is 12.8. The van der Waals surface area contributed by atoms with Crippen LogP contribution in [0.3, 0.4) is 0 Å². The molecule has 1 unspecified atom stereocenters. The Morgan fingerprint density at radius 3 is 2.12 bits per heavy atom. The summed E-state index contributed by atoms with van der Waals surface area (Å²) in [6.45, 7) is 1.47. The van der Waals surface area contributed by atoms with Gasteiger partial charge < -0.3 is 19.5 Å². The molecule has 7 nitrogen and oxygen atoms in total. The van der Waals surface area contributed by atoms with E-state index in [2.05, 4.69) is 5.32 Å². The summed E-state index contributed by atoms with van der Waals surface area (Å²) in [7, 11) is 3.00. The third-order valence-corrected chi connectivity index (χ3v) is 3.52. The first-order chi connectivity index (χ1) is 12.5. The zero-order valence-corrected chi connectivity index (χ0v) is 14.6. The highest BCUT2D eigenvalue weighted by molar-refractivity contribution is 5.97. The van der Waals surface area contributed by atoms with Gasteiger partial charge in [0.1, 0.15) is 11.5 Å². The molecule has 0 bridgehead atoms. The smallest absolute Gasteiger partial charge is 0.338 e. The number of rotatable bonds is 6. The van der Waals surface area contributed by atoms with Crippen molar-refractivity contribution < 1.29 is 23.8 Å². The third-order valence-electron chi connectivity index (χ3n) is 3.52. The van der Waals surface area contributed by atoms with E-state index in [1.807, 2.05) is 6.07 Å². The summed E-state index contributed by atoms with van der Waals surface area (Å²) >= 11 is 0. The van der Waals surface area contributed by atoms with Gasteiger partial charge in [0.25, 0.3) is 5.91 Å². The molecule has 0 heterocycles. The Balaban J connectivity index is 2.03. The molecule has 1 amide bonds. The molecule has 0 fully saturated rings. The number of hydrogen-bond donors (Lipinski definition) is 1. The lowest BCUT2D eigenvalue weighted by atomic mass is 10.1. The predicted molar refractivity (Wildman–Crippen MR) is 94.2 cm³/mol. The van der Waals surface area contributed by atoms with Crippen molar-refractivity contribution in [3.63, 3.8) is 0 Å². The molecule has 1 N–H and O–H groups in total. The largest absolute Gasteiger partial charge is 0.497 e. The van der Waals surface area contributed by atoms with Gasteiger partial charge in [-0.25, -0.2) is 4.79 Å². The summed E-state index contributed by atoms with van der Waals surface area (Å²) < 4.78 is 15.4. The van der Waals surface area contributed by atoms with Crippen LogP contribution in [0.5, 0.6) is 11.5 Å². The first-order valence-electron chi connectivity index (χ1n) is 7.72. The van der Waals surface area contributed by atoms with Crippen LogP contribution in [0.15, 0.2) is 42.5 Å². The summed E-state index contributed by atoms with van der Waals surface area (Å²) in [5.41, 5.74) is 1.14. The van der Waals surface area contributed by atoms with Crippen molar-refractivity contribution in [2.24, 2.45) is 0 Å². The molecule has 1 atom stereocenters. The Hall–Kier alpha value is -3.53. The van der Waals surface area contributed by atoms with E-state index in [9.17, 15) is 9.59 Å². The number of nitriles is 1. The molecule has 0 spiro atoms. The van der Waals surface area contributed by atoms with E-state index in [-0.39, 0.29) is 5.56 Å². The van der Waals surface area contributed by atoms with Crippen molar-refractivity contribution in [2.45, 2.75) is 13.0 Å². The van der Waals surface area contributed by atoms with E-state index in [4.69, 9.17) is 19.5 Å². The number of nitrogens with one attached hydrogen (secondary N) is 1. The second kappa shape index (κ2) is 8.53. The van der Waals surface area contributed by atoms with Crippen molar-refractivity contribution in [1.82, 2.24) is 0 Å². The molecule has 2 aromatic rings. The van der Waals surface area contributed by atoms with Crippen LogP contribution in [0.1, 0.15) is 22.8 Å². The van der Waals surface area contributed by atoms with Gasteiger partial charge in [-0.15, -0.1) is 0 Å². The lowest BCUT2D eigenvalue weighted by Crippen LogP contribution is -2.30. The number of carbonyl (C=O) groups excluding carboxylic acids is 2. The van der Waals surface area contributed by atoms with Crippen molar-refractivity contribution in [1.29, 1.82) is 5.26 Å². The Morgan fingerprint density at radius 1 is 1.04 bits per heavy atom. The van der Waals surface area contributed by atoms with Crippen LogP contribution in [-0.2, 0) is 9.53 Å². The van der Waals surface area contributed by atoms with Gasteiger partial charge in [0.05, 0.1) is 31.4 Å². The number of anilines is 1. The Bertz CT molecular complexity index is 818. The molecule has 0 radical (unpaired) electrons. The number of amides is 1.